The third-order valence-corrected chi connectivity index (χ3v) is 7.12. The minimum atomic E-state index is 0.322. The number of aromatic nitrogens is 5. The van der Waals surface area contributed by atoms with Crippen molar-refractivity contribution in [2.75, 3.05) is 20.2 Å². The Balaban J connectivity index is 1.40. The second-order valence-corrected chi connectivity index (χ2v) is 8.94. The molecule has 5 rings (SSSR count). The van der Waals surface area contributed by atoms with Crippen LogP contribution in [-0.2, 0) is 13.6 Å². The number of aryl methyl sites for hydroxylation is 1. The molecular weight excluding hydrogens is 376 g/mol. The Morgan fingerprint density at radius 1 is 1.17 bits per heavy atom. The quantitative estimate of drug-likeness (QED) is 0.698. The van der Waals surface area contributed by atoms with Crippen molar-refractivity contribution in [3.63, 3.8) is 0 Å². The Morgan fingerprint density at radius 3 is 2.67 bits per heavy atom. The molecule has 2 fully saturated rings. The first kappa shape index (κ1) is 19.3. The number of benzene rings is 1. The molecule has 1 unspecified atom stereocenters. The molecule has 1 atom stereocenters. The van der Waals surface area contributed by atoms with Crippen LogP contribution in [0.4, 0.5) is 0 Å². The maximum Gasteiger partial charge on any atom is 0.137 e. The van der Waals surface area contributed by atoms with Crippen molar-refractivity contribution in [2.24, 2.45) is 12.5 Å². The van der Waals surface area contributed by atoms with Gasteiger partial charge < -0.3 is 9.30 Å². The van der Waals surface area contributed by atoms with Crippen LogP contribution in [0.5, 0.6) is 5.75 Å². The number of nitrogens with one attached hydrogen (secondary N) is 1. The minimum absolute atomic E-state index is 0.322. The monoisotopic (exact) mass is 406 g/mol. The predicted molar refractivity (Wildman–Crippen MR) is 115 cm³/mol. The first-order valence-electron chi connectivity index (χ1n) is 10.9. The van der Waals surface area contributed by atoms with E-state index in [0.29, 0.717) is 11.3 Å². The van der Waals surface area contributed by atoms with Crippen LogP contribution in [0.25, 0.3) is 11.3 Å². The minimum Gasteiger partial charge on any atom is -0.497 e. The van der Waals surface area contributed by atoms with E-state index in [4.69, 9.17) is 4.74 Å². The lowest BCUT2D eigenvalue weighted by atomic mass is 9.67. The van der Waals surface area contributed by atoms with E-state index >= 15 is 0 Å². The van der Waals surface area contributed by atoms with E-state index in [9.17, 15) is 0 Å². The summed E-state index contributed by atoms with van der Waals surface area (Å²) in [6.07, 6.45) is 10.4. The molecule has 158 valence electrons. The van der Waals surface area contributed by atoms with E-state index in [0.717, 1.165) is 42.5 Å². The van der Waals surface area contributed by atoms with Gasteiger partial charge in [0.15, 0.2) is 0 Å². The van der Waals surface area contributed by atoms with Crippen LogP contribution in [0.2, 0.25) is 0 Å². The van der Waals surface area contributed by atoms with Crippen LogP contribution in [0.3, 0.4) is 0 Å². The summed E-state index contributed by atoms with van der Waals surface area (Å²) in [5.74, 6) is 2.45. The van der Waals surface area contributed by atoms with E-state index in [-0.39, 0.29) is 0 Å². The molecule has 1 saturated carbocycles. The van der Waals surface area contributed by atoms with Crippen molar-refractivity contribution in [1.29, 1.82) is 0 Å². The molecule has 0 radical (unpaired) electrons. The highest BCUT2D eigenvalue weighted by molar-refractivity contribution is 5.63. The maximum absolute atomic E-state index is 5.30. The van der Waals surface area contributed by atoms with Gasteiger partial charge in [0.25, 0.3) is 0 Å². The Labute approximate surface area is 177 Å². The van der Waals surface area contributed by atoms with Gasteiger partial charge in [-0.1, -0.05) is 19.3 Å². The van der Waals surface area contributed by atoms with E-state index in [2.05, 4.69) is 49.0 Å². The first-order valence-corrected chi connectivity index (χ1v) is 10.9. The fourth-order valence-corrected chi connectivity index (χ4v) is 5.60. The summed E-state index contributed by atoms with van der Waals surface area (Å²) in [6.45, 7) is 3.05. The molecule has 1 saturated heterocycles. The third-order valence-electron chi connectivity index (χ3n) is 7.12. The highest BCUT2D eigenvalue weighted by atomic mass is 16.5. The summed E-state index contributed by atoms with van der Waals surface area (Å²) in [5, 5.41) is 16.3. The van der Waals surface area contributed by atoms with Crippen molar-refractivity contribution in [3.05, 3.63) is 48.2 Å². The molecule has 1 spiro atoms. The molecule has 3 heterocycles. The largest absolute Gasteiger partial charge is 0.497 e. The molecular formula is C23H30N6O. The number of hydrogen-bond donors (Lipinski definition) is 1. The van der Waals surface area contributed by atoms with Crippen LogP contribution in [0.1, 0.15) is 49.4 Å². The normalized spacial score (nSPS) is 21.3. The summed E-state index contributed by atoms with van der Waals surface area (Å²) in [5.41, 5.74) is 3.80. The van der Waals surface area contributed by atoms with Crippen molar-refractivity contribution in [1.82, 2.24) is 29.9 Å². The molecule has 2 aromatic heterocycles. The highest BCUT2D eigenvalue weighted by Crippen LogP contribution is 2.51. The Kier molecular flexibility index (Phi) is 5.06. The number of methoxy groups -OCH3 is 1. The molecule has 0 amide bonds. The van der Waals surface area contributed by atoms with Crippen molar-refractivity contribution >= 4 is 0 Å². The summed E-state index contributed by atoms with van der Waals surface area (Å²) in [7, 11) is 3.77. The number of ether oxygens (including phenoxy) is 1. The summed E-state index contributed by atoms with van der Waals surface area (Å²) in [4.78, 5) is 2.60. The Hall–Kier alpha value is -2.67. The Morgan fingerprint density at radius 2 is 1.97 bits per heavy atom. The van der Waals surface area contributed by atoms with Gasteiger partial charge in [0.1, 0.15) is 17.9 Å². The van der Waals surface area contributed by atoms with Crippen LogP contribution >= 0.6 is 0 Å². The van der Waals surface area contributed by atoms with Gasteiger partial charge in [-0.3, -0.25) is 10.00 Å². The number of aromatic amines is 1. The Bertz CT molecular complexity index is 985. The second-order valence-electron chi connectivity index (χ2n) is 8.94. The lowest BCUT2D eigenvalue weighted by Crippen LogP contribution is -2.33. The zero-order chi connectivity index (χ0) is 20.6. The van der Waals surface area contributed by atoms with E-state index < -0.39 is 0 Å². The molecule has 7 heteroatoms. The summed E-state index contributed by atoms with van der Waals surface area (Å²) >= 11 is 0. The average Bonchev–Trinajstić information content (AvgIpc) is 3.48. The number of H-pyrrole nitrogens is 1. The number of likely N-dealkylation sites (tertiary alicyclic amines) is 1. The molecule has 1 N–H and O–H groups in total. The molecule has 7 nitrogen and oxygen atoms in total. The SMILES string of the molecule is COc1ccc(-c2[nH]ncc2CN2CC(c3nncn3C)C3(CCCCC3)C2)cc1. The third kappa shape index (κ3) is 3.41. The predicted octanol–water partition coefficient (Wildman–Crippen LogP) is 3.76. The molecule has 3 aromatic rings. The lowest BCUT2D eigenvalue weighted by Gasteiger charge is -2.37. The van der Waals surface area contributed by atoms with Gasteiger partial charge >= 0.3 is 0 Å². The van der Waals surface area contributed by atoms with Gasteiger partial charge in [-0.15, -0.1) is 10.2 Å². The molecule has 1 aliphatic heterocycles. The van der Waals surface area contributed by atoms with Crippen LogP contribution in [-0.4, -0.2) is 50.1 Å². The van der Waals surface area contributed by atoms with Gasteiger partial charge in [-0.2, -0.15) is 5.10 Å². The topological polar surface area (TPSA) is 71.9 Å². The first-order chi connectivity index (χ1) is 14.7. The van der Waals surface area contributed by atoms with Crippen LogP contribution < -0.4 is 4.74 Å². The van der Waals surface area contributed by atoms with Gasteiger partial charge in [-0.25, -0.2) is 0 Å². The van der Waals surface area contributed by atoms with Gasteiger partial charge in [0, 0.05) is 43.7 Å². The van der Waals surface area contributed by atoms with E-state index in [1.54, 1.807) is 7.11 Å². The van der Waals surface area contributed by atoms with E-state index in [1.807, 2.05) is 24.7 Å². The number of hydrogen-bond acceptors (Lipinski definition) is 5. The molecule has 30 heavy (non-hydrogen) atoms. The molecule has 1 aromatic carbocycles. The lowest BCUT2D eigenvalue weighted by molar-refractivity contribution is 0.164. The fraction of sp³-hybridized carbons (Fsp3) is 0.522. The standard InChI is InChI=1S/C23H30N6O/c1-28-16-25-27-22(28)20-14-29(15-23(20)10-4-3-5-11-23)13-18-12-24-26-21(18)17-6-8-19(30-2)9-7-17/h6-9,12,16,20H,3-5,10-11,13-15H2,1-2H3,(H,24,26). The highest BCUT2D eigenvalue weighted by Gasteiger charge is 2.49. The molecule has 2 aliphatic rings. The van der Waals surface area contributed by atoms with Crippen molar-refractivity contribution in [2.45, 2.75) is 44.6 Å². The maximum atomic E-state index is 5.30. The summed E-state index contributed by atoms with van der Waals surface area (Å²) in [6, 6.07) is 8.17. The van der Waals surface area contributed by atoms with Gasteiger partial charge in [-0.05, 0) is 42.5 Å². The molecule has 1 aliphatic carbocycles. The van der Waals surface area contributed by atoms with Crippen molar-refractivity contribution < 1.29 is 4.74 Å². The fourth-order valence-electron chi connectivity index (χ4n) is 5.60. The zero-order valence-corrected chi connectivity index (χ0v) is 17.8. The van der Waals surface area contributed by atoms with Crippen molar-refractivity contribution in [3.8, 4) is 17.0 Å². The second kappa shape index (κ2) is 7.87. The average molecular weight is 407 g/mol. The van der Waals surface area contributed by atoms with Crippen LogP contribution in [0, 0.1) is 5.41 Å². The number of nitrogens with zero attached hydrogens (tertiary/aromatic N) is 5. The number of rotatable bonds is 5. The van der Waals surface area contributed by atoms with Gasteiger partial charge in [0.05, 0.1) is 19.0 Å². The summed E-state index contributed by atoms with van der Waals surface area (Å²) < 4.78 is 7.41. The molecule has 0 bridgehead atoms. The van der Waals surface area contributed by atoms with Crippen LogP contribution in [0.15, 0.2) is 36.8 Å². The van der Waals surface area contributed by atoms with Gasteiger partial charge in [0.2, 0.25) is 0 Å². The van der Waals surface area contributed by atoms with E-state index in [1.165, 1.54) is 37.7 Å². The zero-order valence-electron chi connectivity index (χ0n) is 17.8. The smallest absolute Gasteiger partial charge is 0.137 e.